The molecule has 0 atom stereocenters. The number of esters is 1. The molecule has 0 unspecified atom stereocenters. The number of hydrogen-bond donors (Lipinski definition) is 2. The topological polar surface area (TPSA) is 86.4 Å². The van der Waals surface area contributed by atoms with Crippen molar-refractivity contribution in [3.63, 3.8) is 0 Å². The molecule has 0 bridgehead atoms. The van der Waals surface area contributed by atoms with Crippen molar-refractivity contribution in [1.82, 2.24) is 0 Å². The fraction of sp³-hybridized carbons (Fsp3) is 0.756. The third-order valence-electron chi connectivity index (χ3n) is 8.45. The number of hydrogen-bond acceptors (Lipinski definition) is 4. The van der Waals surface area contributed by atoms with Crippen molar-refractivity contribution >= 4 is 11.8 Å². The van der Waals surface area contributed by atoms with Crippen LogP contribution in [-0.2, 0) is 9.53 Å². The summed E-state index contributed by atoms with van der Waals surface area (Å²) in [6.07, 6.45) is 50.3. The summed E-state index contributed by atoms with van der Waals surface area (Å²) in [5.41, 5.74) is 6.91. The molecule has 0 aromatic carbocycles. The zero-order valence-corrected chi connectivity index (χ0v) is 30.3. The van der Waals surface area contributed by atoms with Crippen LogP contribution in [0.1, 0.15) is 194 Å². The van der Waals surface area contributed by atoms with Gasteiger partial charge in [-0.25, -0.2) is 5.53 Å². The molecule has 0 aliphatic rings. The highest BCUT2D eigenvalue weighted by atomic mass is 16.5. The van der Waals surface area contributed by atoms with Crippen molar-refractivity contribution in [3.05, 3.63) is 48.6 Å². The molecule has 0 amide bonds. The van der Waals surface area contributed by atoms with Gasteiger partial charge < -0.3 is 4.74 Å². The third-order valence-corrected chi connectivity index (χ3v) is 8.45. The SMILES string of the molecule is CCCCC/C=C\C/C=C\CCCCCCCCC(CCCCCCCC/C=C\C/C=C\CCCCC)OC(=O)CCC(=N)N=N. The summed E-state index contributed by atoms with van der Waals surface area (Å²) in [4.78, 5) is 12.4. The molecule has 0 spiro atoms. The first-order chi connectivity index (χ1) is 22.6. The zero-order chi connectivity index (χ0) is 33.6. The van der Waals surface area contributed by atoms with E-state index in [2.05, 4.69) is 67.6 Å². The lowest BCUT2D eigenvalue weighted by Gasteiger charge is -2.18. The number of carbonyl (C=O) groups is 1. The molecule has 0 radical (unpaired) electrons. The molecular formula is C41H73N3O2. The van der Waals surface area contributed by atoms with Gasteiger partial charge in [-0.2, -0.15) is 0 Å². The Bertz CT molecular complexity index is 767. The van der Waals surface area contributed by atoms with E-state index in [9.17, 15) is 4.79 Å². The molecule has 0 aliphatic heterocycles. The fourth-order valence-corrected chi connectivity index (χ4v) is 5.50. The fourth-order valence-electron chi connectivity index (χ4n) is 5.50. The second-order valence-corrected chi connectivity index (χ2v) is 12.9. The maximum atomic E-state index is 12.4. The first-order valence-electron chi connectivity index (χ1n) is 19.4. The third kappa shape index (κ3) is 34.6. The second kappa shape index (κ2) is 37.2. The molecule has 0 rings (SSSR count). The minimum absolute atomic E-state index is 0.0220. The van der Waals surface area contributed by atoms with Crippen LogP contribution in [0.3, 0.4) is 0 Å². The van der Waals surface area contributed by atoms with Gasteiger partial charge in [0.25, 0.3) is 0 Å². The van der Waals surface area contributed by atoms with Crippen LogP contribution in [0.5, 0.6) is 0 Å². The van der Waals surface area contributed by atoms with Crippen molar-refractivity contribution < 1.29 is 9.53 Å². The summed E-state index contributed by atoms with van der Waals surface area (Å²) in [6.45, 7) is 4.50. The number of rotatable bonds is 34. The van der Waals surface area contributed by atoms with Crippen LogP contribution in [0, 0.1) is 10.9 Å². The number of nitrogens with zero attached hydrogens (tertiary/aromatic N) is 1. The number of ether oxygens (including phenoxy) is 1. The molecule has 0 fully saturated rings. The molecular weight excluding hydrogens is 566 g/mol. The van der Waals surface area contributed by atoms with E-state index < -0.39 is 0 Å². The summed E-state index contributed by atoms with van der Waals surface area (Å²) >= 11 is 0. The number of nitrogens with one attached hydrogen (secondary N) is 2. The lowest BCUT2D eigenvalue weighted by atomic mass is 10.0. The van der Waals surface area contributed by atoms with E-state index in [-0.39, 0.29) is 30.8 Å². The number of allylic oxidation sites excluding steroid dienone is 8. The highest BCUT2D eigenvalue weighted by Gasteiger charge is 2.15. The summed E-state index contributed by atoms with van der Waals surface area (Å²) in [5, 5.41) is 10.6. The van der Waals surface area contributed by atoms with Crippen LogP contribution in [-0.4, -0.2) is 17.9 Å². The first-order valence-corrected chi connectivity index (χ1v) is 19.4. The van der Waals surface area contributed by atoms with E-state index in [1.807, 2.05) is 0 Å². The van der Waals surface area contributed by atoms with Crippen molar-refractivity contribution in [3.8, 4) is 0 Å². The lowest BCUT2D eigenvalue weighted by Crippen LogP contribution is -2.19. The van der Waals surface area contributed by atoms with E-state index in [4.69, 9.17) is 15.7 Å². The average Bonchev–Trinajstić information content (AvgIpc) is 3.06. The van der Waals surface area contributed by atoms with Gasteiger partial charge >= 0.3 is 5.97 Å². The highest BCUT2D eigenvalue weighted by Crippen LogP contribution is 2.18. The Morgan fingerprint density at radius 3 is 1.30 bits per heavy atom. The molecule has 264 valence electrons. The molecule has 46 heavy (non-hydrogen) atoms. The Morgan fingerprint density at radius 1 is 0.543 bits per heavy atom. The number of unbranched alkanes of at least 4 members (excludes halogenated alkanes) is 18. The van der Waals surface area contributed by atoms with E-state index in [0.29, 0.717) is 0 Å². The second-order valence-electron chi connectivity index (χ2n) is 12.9. The van der Waals surface area contributed by atoms with Crippen LogP contribution >= 0.6 is 0 Å². The van der Waals surface area contributed by atoms with Gasteiger partial charge in [0.2, 0.25) is 0 Å². The quantitative estimate of drug-likeness (QED) is 0.0183. The average molecular weight is 640 g/mol. The standard InChI is InChI=1S/C41H73N3O2/c1-3-5-7-9-11-13-15-17-19-21-23-25-27-29-31-33-35-39(46-41(45)38-37-40(42)44-43)36-34-32-30-28-26-24-22-20-18-16-14-12-10-8-6-4-2/h11-14,17-20,39,42-43H,3-10,15-16,21-38H2,1-2H3/b13-11-,14-12-,19-17-,20-18-,42-40?,44-43?. The minimum Gasteiger partial charge on any atom is -0.462 e. The predicted molar refractivity (Wildman–Crippen MR) is 200 cm³/mol. The predicted octanol–water partition coefficient (Wildman–Crippen LogP) is 14.1. The summed E-state index contributed by atoms with van der Waals surface area (Å²) in [5.74, 6) is -0.317. The maximum absolute atomic E-state index is 12.4. The molecule has 5 heteroatoms. The van der Waals surface area contributed by atoms with Crippen molar-refractivity contribution in [2.24, 2.45) is 5.11 Å². The Hall–Kier alpha value is -2.30. The molecule has 0 aromatic rings. The Morgan fingerprint density at radius 2 is 0.913 bits per heavy atom. The van der Waals surface area contributed by atoms with Crippen molar-refractivity contribution in [2.45, 2.75) is 200 Å². The van der Waals surface area contributed by atoms with Gasteiger partial charge in [-0.3, -0.25) is 10.2 Å². The van der Waals surface area contributed by atoms with Crippen molar-refractivity contribution in [2.75, 3.05) is 0 Å². The smallest absolute Gasteiger partial charge is 0.306 e. The molecule has 5 nitrogen and oxygen atoms in total. The van der Waals surface area contributed by atoms with Gasteiger partial charge in [-0.1, -0.05) is 140 Å². The van der Waals surface area contributed by atoms with E-state index in [1.165, 1.54) is 128 Å². The van der Waals surface area contributed by atoms with E-state index in [0.717, 1.165) is 38.5 Å². The number of carbonyl (C=O) groups excluding carboxylic acids is 1. The summed E-state index contributed by atoms with van der Waals surface area (Å²) in [6, 6.07) is 0. The monoisotopic (exact) mass is 640 g/mol. The van der Waals surface area contributed by atoms with Crippen molar-refractivity contribution in [1.29, 1.82) is 10.9 Å². The lowest BCUT2D eigenvalue weighted by molar-refractivity contribution is -0.149. The summed E-state index contributed by atoms with van der Waals surface area (Å²) in [7, 11) is 0. The van der Waals surface area contributed by atoms with Gasteiger partial charge in [-0.15, -0.1) is 5.11 Å². The van der Waals surface area contributed by atoms with Crippen LogP contribution < -0.4 is 0 Å². The maximum Gasteiger partial charge on any atom is 0.306 e. The number of amidine groups is 1. The largest absolute Gasteiger partial charge is 0.462 e. The molecule has 0 aromatic heterocycles. The van der Waals surface area contributed by atoms with Gasteiger partial charge in [0, 0.05) is 6.42 Å². The summed E-state index contributed by atoms with van der Waals surface area (Å²) < 4.78 is 5.83. The van der Waals surface area contributed by atoms with Crippen LogP contribution in [0.25, 0.3) is 0 Å². The van der Waals surface area contributed by atoms with Gasteiger partial charge in [0.1, 0.15) is 11.9 Å². The van der Waals surface area contributed by atoms with Crippen LogP contribution in [0.15, 0.2) is 53.7 Å². The first kappa shape index (κ1) is 43.7. The van der Waals surface area contributed by atoms with E-state index in [1.54, 1.807) is 0 Å². The van der Waals surface area contributed by atoms with Crippen LogP contribution in [0.4, 0.5) is 0 Å². The van der Waals surface area contributed by atoms with E-state index >= 15 is 0 Å². The molecule has 2 N–H and O–H groups in total. The minimum atomic E-state index is -0.251. The Kier molecular flexibility index (Phi) is 35.3. The highest BCUT2D eigenvalue weighted by molar-refractivity contribution is 5.83. The normalized spacial score (nSPS) is 12.1. The zero-order valence-electron chi connectivity index (χ0n) is 30.3. The van der Waals surface area contributed by atoms with Crippen LogP contribution in [0.2, 0.25) is 0 Å². The van der Waals surface area contributed by atoms with Gasteiger partial charge in [0.05, 0.1) is 6.42 Å². The molecule has 0 heterocycles. The molecule has 0 saturated carbocycles. The Labute approximate surface area is 285 Å². The van der Waals surface area contributed by atoms with Gasteiger partial charge in [0.15, 0.2) is 0 Å². The van der Waals surface area contributed by atoms with Gasteiger partial charge in [-0.05, 0) is 89.9 Å². The molecule has 0 aliphatic carbocycles. The Balaban J connectivity index is 4.04. The molecule has 0 saturated heterocycles.